The molecule has 1 saturated carbocycles. The highest BCUT2D eigenvalue weighted by Gasteiger charge is 2.25. The van der Waals surface area contributed by atoms with Crippen LogP contribution in [-0.2, 0) is 4.79 Å². The number of carbonyl (C=O) groups excluding carboxylic acids is 1. The van der Waals surface area contributed by atoms with E-state index in [4.69, 9.17) is 0 Å². The van der Waals surface area contributed by atoms with Crippen LogP contribution < -0.4 is 5.32 Å². The van der Waals surface area contributed by atoms with E-state index in [0.717, 1.165) is 12.8 Å². The van der Waals surface area contributed by atoms with Crippen molar-refractivity contribution in [1.29, 1.82) is 0 Å². The summed E-state index contributed by atoms with van der Waals surface area (Å²) in [6, 6.07) is 7.41. The molecule has 5 nitrogen and oxygen atoms in total. The number of carboxylic acids is 1. The van der Waals surface area contributed by atoms with Crippen LogP contribution >= 0.6 is 0 Å². The first-order valence-electron chi connectivity index (χ1n) is 7.37. The highest BCUT2D eigenvalue weighted by atomic mass is 16.4. The van der Waals surface area contributed by atoms with E-state index in [1.807, 2.05) is 6.07 Å². The smallest absolute Gasteiger partial charge is 0.330 e. The molecule has 5 heteroatoms. The fourth-order valence-corrected chi connectivity index (χ4v) is 2.83. The average molecular weight is 290 g/mol. The van der Waals surface area contributed by atoms with Crippen LogP contribution in [0, 0.1) is 5.92 Å². The lowest BCUT2D eigenvalue weighted by atomic mass is 10.1. The van der Waals surface area contributed by atoms with Crippen molar-refractivity contribution in [3.8, 4) is 0 Å². The van der Waals surface area contributed by atoms with E-state index in [1.54, 1.807) is 36.2 Å². The van der Waals surface area contributed by atoms with Gasteiger partial charge in [-0.3, -0.25) is 0 Å². The van der Waals surface area contributed by atoms with Gasteiger partial charge in [-0.25, -0.2) is 9.59 Å². The molecule has 1 aliphatic carbocycles. The van der Waals surface area contributed by atoms with Gasteiger partial charge >= 0.3 is 12.0 Å². The summed E-state index contributed by atoms with van der Waals surface area (Å²) in [5, 5.41) is 11.9. The van der Waals surface area contributed by atoms with Gasteiger partial charge in [0, 0.05) is 13.6 Å². The first kappa shape index (κ1) is 15.4. The summed E-state index contributed by atoms with van der Waals surface area (Å²) in [6.07, 6.45) is 4.75. The molecule has 0 radical (unpaired) electrons. The second kappa shape index (κ2) is 7.11. The third-order valence-electron chi connectivity index (χ3n) is 4.00. The maximum absolute atomic E-state index is 12.2. The van der Waals surface area contributed by atoms with E-state index in [-0.39, 0.29) is 6.03 Å². The fourth-order valence-electron chi connectivity index (χ4n) is 2.83. The summed E-state index contributed by atoms with van der Waals surface area (Å²) in [7, 11) is 1.72. The van der Waals surface area contributed by atoms with Gasteiger partial charge in [-0.05, 0) is 24.3 Å². The molecule has 0 spiro atoms. The fraction of sp³-hybridized carbons (Fsp3) is 0.500. The van der Waals surface area contributed by atoms with Gasteiger partial charge in [0.2, 0.25) is 0 Å². The Morgan fingerprint density at radius 3 is 2.48 bits per heavy atom. The summed E-state index contributed by atoms with van der Waals surface area (Å²) in [4.78, 5) is 25.1. The molecule has 114 valence electrons. The normalized spacial score (nSPS) is 16.4. The van der Waals surface area contributed by atoms with Gasteiger partial charge in [0.15, 0.2) is 6.04 Å². The molecular formula is C16H22N2O3. The summed E-state index contributed by atoms with van der Waals surface area (Å²) >= 11 is 0. The zero-order chi connectivity index (χ0) is 15.2. The van der Waals surface area contributed by atoms with Gasteiger partial charge in [0.25, 0.3) is 0 Å². The molecule has 1 aromatic rings. The van der Waals surface area contributed by atoms with Crippen molar-refractivity contribution in [2.75, 3.05) is 13.6 Å². The number of urea groups is 1. The lowest BCUT2D eigenvalue weighted by molar-refractivity contribution is -0.139. The molecule has 0 aliphatic heterocycles. The molecule has 1 atom stereocenters. The molecule has 0 aromatic heterocycles. The average Bonchev–Trinajstić information content (AvgIpc) is 2.98. The Labute approximate surface area is 125 Å². The molecule has 0 bridgehead atoms. The minimum Gasteiger partial charge on any atom is -0.479 e. The molecule has 0 heterocycles. The van der Waals surface area contributed by atoms with Crippen LogP contribution in [0.3, 0.4) is 0 Å². The van der Waals surface area contributed by atoms with Crippen molar-refractivity contribution in [1.82, 2.24) is 10.2 Å². The van der Waals surface area contributed by atoms with Crippen molar-refractivity contribution in [2.45, 2.75) is 31.7 Å². The largest absolute Gasteiger partial charge is 0.479 e. The maximum atomic E-state index is 12.2. The zero-order valence-electron chi connectivity index (χ0n) is 12.3. The van der Waals surface area contributed by atoms with Gasteiger partial charge in [-0.15, -0.1) is 0 Å². The minimum atomic E-state index is -1.05. The van der Waals surface area contributed by atoms with Gasteiger partial charge < -0.3 is 15.3 Å². The lowest BCUT2D eigenvalue weighted by Crippen LogP contribution is -2.43. The Bertz CT molecular complexity index is 484. The lowest BCUT2D eigenvalue weighted by Gasteiger charge is -2.24. The molecule has 21 heavy (non-hydrogen) atoms. The number of nitrogens with zero attached hydrogens (tertiary/aromatic N) is 1. The molecule has 1 fully saturated rings. The molecule has 2 amide bonds. The predicted octanol–water partition coefficient (Wildman–Crippen LogP) is 2.64. The molecule has 0 unspecified atom stereocenters. The molecule has 1 aromatic carbocycles. The summed E-state index contributed by atoms with van der Waals surface area (Å²) in [5.74, 6) is -0.510. The number of nitrogens with one attached hydrogen (secondary N) is 1. The van der Waals surface area contributed by atoms with E-state index < -0.39 is 12.0 Å². The summed E-state index contributed by atoms with van der Waals surface area (Å²) in [6.45, 7) is 0.687. The third kappa shape index (κ3) is 4.21. The number of carboxylic acid groups (broad SMARTS) is 1. The van der Waals surface area contributed by atoms with Crippen LogP contribution in [0.4, 0.5) is 4.79 Å². The van der Waals surface area contributed by atoms with Crippen molar-refractivity contribution in [3.63, 3.8) is 0 Å². The first-order chi connectivity index (χ1) is 10.1. The van der Waals surface area contributed by atoms with Crippen molar-refractivity contribution in [3.05, 3.63) is 35.9 Å². The monoisotopic (exact) mass is 290 g/mol. The molecule has 0 saturated heterocycles. The first-order valence-corrected chi connectivity index (χ1v) is 7.37. The second-order valence-corrected chi connectivity index (χ2v) is 5.66. The highest BCUT2D eigenvalue weighted by molar-refractivity contribution is 5.83. The van der Waals surface area contributed by atoms with Gasteiger partial charge in [0.1, 0.15) is 0 Å². The Morgan fingerprint density at radius 2 is 1.90 bits per heavy atom. The Kier molecular flexibility index (Phi) is 5.20. The Morgan fingerprint density at radius 1 is 1.29 bits per heavy atom. The third-order valence-corrected chi connectivity index (χ3v) is 4.00. The number of rotatable bonds is 5. The van der Waals surface area contributed by atoms with Crippen LogP contribution in [0.5, 0.6) is 0 Å². The van der Waals surface area contributed by atoms with E-state index in [0.29, 0.717) is 18.0 Å². The quantitative estimate of drug-likeness (QED) is 0.876. The van der Waals surface area contributed by atoms with Crippen LogP contribution in [-0.4, -0.2) is 35.6 Å². The number of hydrogen-bond donors (Lipinski definition) is 2. The number of hydrogen-bond acceptors (Lipinski definition) is 2. The van der Waals surface area contributed by atoms with E-state index in [9.17, 15) is 14.7 Å². The van der Waals surface area contributed by atoms with Gasteiger partial charge in [0.05, 0.1) is 0 Å². The van der Waals surface area contributed by atoms with Crippen molar-refractivity contribution < 1.29 is 14.7 Å². The van der Waals surface area contributed by atoms with Crippen LogP contribution in [0.15, 0.2) is 30.3 Å². The SMILES string of the molecule is CN(CC1CCCC1)C(=O)N[C@H](C(=O)O)c1ccccc1. The minimum absolute atomic E-state index is 0.335. The Balaban J connectivity index is 1.96. The topological polar surface area (TPSA) is 69.6 Å². The Hall–Kier alpha value is -2.04. The van der Waals surface area contributed by atoms with Crippen LogP contribution in [0.1, 0.15) is 37.3 Å². The zero-order valence-corrected chi connectivity index (χ0v) is 12.3. The van der Waals surface area contributed by atoms with E-state index in [2.05, 4.69) is 5.32 Å². The number of aliphatic carboxylic acids is 1. The second-order valence-electron chi connectivity index (χ2n) is 5.66. The summed E-state index contributed by atoms with van der Waals surface area (Å²) in [5.41, 5.74) is 0.576. The van der Waals surface area contributed by atoms with E-state index >= 15 is 0 Å². The van der Waals surface area contributed by atoms with Gasteiger partial charge in [-0.1, -0.05) is 43.2 Å². The molecule has 2 rings (SSSR count). The maximum Gasteiger partial charge on any atom is 0.330 e. The number of amides is 2. The highest BCUT2D eigenvalue weighted by Crippen LogP contribution is 2.25. The van der Waals surface area contributed by atoms with Crippen LogP contribution in [0.2, 0.25) is 0 Å². The predicted molar refractivity (Wildman–Crippen MR) is 79.9 cm³/mol. The number of benzene rings is 1. The summed E-state index contributed by atoms with van der Waals surface area (Å²) < 4.78 is 0. The van der Waals surface area contributed by atoms with Crippen molar-refractivity contribution in [2.24, 2.45) is 5.92 Å². The molecule has 2 N–H and O–H groups in total. The van der Waals surface area contributed by atoms with Crippen molar-refractivity contribution >= 4 is 12.0 Å². The number of carbonyl (C=O) groups is 2. The van der Waals surface area contributed by atoms with Gasteiger partial charge in [-0.2, -0.15) is 0 Å². The molecular weight excluding hydrogens is 268 g/mol. The standard InChI is InChI=1S/C16H22N2O3/c1-18(11-12-7-5-6-8-12)16(21)17-14(15(19)20)13-9-3-2-4-10-13/h2-4,9-10,12,14H,5-8,11H2,1H3,(H,17,21)(H,19,20)/t14-/m0/s1. The van der Waals surface area contributed by atoms with E-state index in [1.165, 1.54) is 12.8 Å². The molecule has 1 aliphatic rings. The van der Waals surface area contributed by atoms with Crippen LogP contribution in [0.25, 0.3) is 0 Å².